The van der Waals surface area contributed by atoms with Gasteiger partial charge in [0.2, 0.25) is 12.6 Å². The Morgan fingerprint density at radius 2 is 2.22 bits per heavy atom. The third kappa shape index (κ3) is 1.98. The molecule has 112 valence electrons. The molecule has 0 saturated heterocycles. The Hall–Kier alpha value is -3.19. The molecule has 1 aliphatic rings. The quantitative estimate of drug-likeness (QED) is 0.756. The van der Waals surface area contributed by atoms with E-state index in [1.165, 1.54) is 0 Å². The molecule has 0 aliphatic heterocycles. The van der Waals surface area contributed by atoms with E-state index in [1.807, 2.05) is 23.1 Å². The number of nitrogens with one attached hydrogen (secondary N) is 1. The zero-order chi connectivity index (χ0) is 15.9. The van der Waals surface area contributed by atoms with Gasteiger partial charge in [0.05, 0.1) is 25.2 Å². The van der Waals surface area contributed by atoms with Crippen LogP contribution in [-0.2, 0) is 5.54 Å². The molecular formula is C16H13N7. The summed E-state index contributed by atoms with van der Waals surface area (Å²) in [7, 11) is 0. The van der Waals surface area contributed by atoms with E-state index in [9.17, 15) is 0 Å². The van der Waals surface area contributed by atoms with E-state index in [0.717, 1.165) is 22.2 Å². The lowest BCUT2D eigenvalue weighted by Crippen LogP contribution is -2.50. The van der Waals surface area contributed by atoms with Crippen LogP contribution in [0.5, 0.6) is 0 Å². The molecule has 1 N–H and O–H groups in total. The third-order valence-corrected chi connectivity index (χ3v) is 4.53. The monoisotopic (exact) mass is 303 g/mol. The molecule has 0 aromatic carbocycles. The number of H-pyrrole nitrogens is 1. The van der Waals surface area contributed by atoms with Gasteiger partial charge in [-0.3, -0.25) is 4.68 Å². The van der Waals surface area contributed by atoms with Gasteiger partial charge in [-0.25, -0.2) is 13.1 Å². The van der Waals surface area contributed by atoms with Crippen molar-refractivity contribution in [2.75, 3.05) is 6.54 Å². The molecule has 0 radical (unpaired) electrons. The van der Waals surface area contributed by atoms with Crippen molar-refractivity contribution in [2.24, 2.45) is 0 Å². The Morgan fingerprint density at radius 1 is 1.35 bits per heavy atom. The molecule has 4 rings (SSSR count). The van der Waals surface area contributed by atoms with E-state index in [1.54, 1.807) is 12.4 Å². The first kappa shape index (κ1) is 13.5. The third-order valence-electron chi connectivity index (χ3n) is 4.53. The minimum absolute atomic E-state index is 0.00312. The van der Waals surface area contributed by atoms with Gasteiger partial charge in [-0.1, -0.05) is 0 Å². The largest absolute Gasteiger partial charge is 0.345 e. The highest BCUT2D eigenvalue weighted by atomic mass is 15.3. The van der Waals surface area contributed by atoms with Gasteiger partial charge < -0.3 is 14.7 Å². The molecule has 0 amide bonds. The first-order valence-electron chi connectivity index (χ1n) is 7.30. The topological polar surface area (TPSA) is 68.1 Å². The second kappa shape index (κ2) is 4.92. The van der Waals surface area contributed by atoms with E-state index in [0.29, 0.717) is 19.4 Å². The van der Waals surface area contributed by atoms with Crippen molar-refractivity contribution in [2.45, 2.75) is 24.4 Å². The van der Waals surface area contributed by atoms with Crippen LogP contribution in [-0.4, -0.2) is 37.5 Å². The van der Waals surface area contributed by atoms with Crippen molar-refractivity contribution >= 4 is 11.0 Å². The number of hydrogen-bond acceptors (Lipinski definition) is 3. The van der Waals surface area contributed by atoms with Crippen LogP contribution in [0.1, 0.15) is 12.8 Å². The first-order valence-corrected chi connectivity index (χ1v) is 7.30. The molecule has 23 heavy (non-hydrogen) atoms. The first-order chi connectivity index (χ1) is 11.3. The van der Waals surface area contributed by atoms with Gasteiger partial charge in [0, 0.05) is 28.9 Å². The Bertz CT molecular complexity index is 947. The summed E-state index contributed by atoms with van der Waals surface area (Å²) in [4.78, 5) is 10.2. The van der Waals surface area contributed by atoms with Gasteiger partial charge in [0.25, 0.3) is 0 Å². The number of nitrogens with zero attached hydrogens (tertiary/aromatic N) is 6. The summed E-state index contributed by atoms with van der Waals surface area (Å²) in [6.45, 7) is 14.7. The molecule has 3 aromatic rings. The summed E-state index contributed by atoms with van der Waals surface area (Å²) in [5, 5.41) is 13.5. The molecule has 1 fully saturated rings. The summed E-state index contributed by atoms with van der Waals surface area (Å²) in [6.07, 6.45) is 8.68. The number of aromatic nitrogens is 5. The van der Waals surface area contributed by atoms with Crippen LogP contribution < -0.4 is 0 Å². The van der Waals surface area contributed by atoms with Crippen molar-refractivity contribution in [3.63, 3.8) is 0 Å². The fourth-order valence-electron chi connectivity index (χ4n) is 3.27. The van der Waals surface area contributed by atoms with Gasteiger partial charge in [0.1, 0.15) is 5.54 Å². The maximum atomic E-state index is 7.21. The molecule has 7 nitrogen and oxygen atoms in total. The van der Waals surface area contributed by atoms with E-state index in [-0.39, 0.29) is 11.6 Å². The van der Waals surface area contributed by atoms with E-state index in [2.05, 4.69) is 30.0 Å². The Labute approximate surface area is 132 Å². The minimum atomic E-state index is -0.340. The van der Waals surface area contributed by atoms with E-state index < -0.39 is 0 Å². The highest BCUT2D eigenvalue weighted by Crippen LogP contribution is 2.42. The smallest absolute Gasteiger partial charge is 0.240 e. The van der Waals surface area contributed by atoms with Crippen molar-refractivity contribution in [3.8, 4) is 11.1 Å². The minimum Gasteiger partial charge on any atom is -0.345 e. The second-order valence-corrected chi connectivity index (χ2v) is 5.90. The predicted molar refractivity (Wildman–Crippen MR) is 84.2 cm³/mol. The summed E-state index contributed by atoms with van der Waals surface area (Å²) in [6, 6.07) is 1.97. The molecule has 0 unspecified atom stereocenters. The number of aromatic amines is 1. The van der Waals surface area contributed by atoms with Gasteiger partial charge in [-0.05, 0) is 6.07 Å². The van der Waals surface area contributed by atoms with Crippen LogP contribution in [0, 0.1) is 13.1 Å². The van der Waals surface area contributed by atoms with Crippen LogP contribution in [0.4, 0.5) is 0 Å². The highest BCUT2D eigenvalue weighted by Gasteiger charge is 2.53. The lowest BCUT2D eigenvalue weighted by Gasteiger charge is -2.37. The van der Waals surface area contributed by atoms with Crippen molar-refractivity contribution < 1.29 is 0 Å². The Kier molecular flexibility index (Phi) is 2.88. The van der Waals surface area contributed by atoms with Crippen LogP contribution in [0.2, 0.25) is 0 Å². The second-order valence-electron chi connectivity index (χ2n) is 5.90. The molecule has 1 saturated carbocycles. The number of fused-ring (bicyclic) bond motifs is 1. The molecule has 3 aromatic heterocycles. The van der Waals surface area contributed by atoms with Gasteiger partial charge >= 0.3 is 0 Å². The van der Waals surface area contributed by atoms with Gasteiger partial charge in [-0.15, -0.1) is 5.10 Å². The van der Waals surface area contributed by atoms with Crippen LogP contribution in [0.15, 0.2) is 30.9 Å². The molecular weight excluding hydrogens is 290 g/mol. The zero-order valence-corrected chi connectivity index (χ0v) is 12.3. The summed E-state index contributed by atoms with van der Waals surface area (Å²) >= 11 is 0. The lowest BCUT2D eigenvalue weighted by atomic mass is 9.73. The molecule has 0 bridgehead atoms. The lowest BCUT2D eigenvalue weighted by molar-refractivity contribution is 0.135. The molecule has 0 spiro atoms. The van der Waals surface area contributed by atoms with Gasteiger partial charge in [0.15, 0.2) is 5.65 Å². The molecule has 3 heterocycles. The number of hydrogen-bond donors (Lipinski definition) is 1. The summed E-state index contributed by atoms with van der Waals surface area (Å²) in [5.74, 6) is 0. The fraction of sp³-hybridized carbons (Fsp3) is 0.312. The van der Waals surface area contributed by atoms with Crippen molar-refractivity contribution in [1.82, 2.24) is 25.0 Å². The molecule has 0 atom stereocenters. The van der Waals surface area contributed by atoms with Crippen molar-refractivity contribution in [3.05, 3.63) is 53.7 Å². The summed E-state index contributed by atoms with van der Waals surface area (Å²) < 4.78 is 1.86. The Morgan fingerprint density at radius 3 is 3.00 bits per heavy atom. The Balaban J connectivity index is 1.74. The van der Waals surface area contributed by atoms with E-state index >= 15 is 0 Å². The van der Waals surface area contributed by atoms with Crippen LogP contribution in [0.3, 0.4) is 0 Å². The average molecular weight is 303 g/mol. The van der Waals surface area contributed by atoms with Crippen molar-refractivity contribution in [1.29, 1.82) is 0 Å². The normalized spacial score (nSPS) is 23.1. The number of rotatable bonds is 3. The van der Waals surface area contributed by atoms with E-state index in [4.69, 9.17) is 13.1 Å². The molecule has 1 aliphatic carbocycles. The van der Waals surface area contributed by atoms with Gasteiger partial charge in [-0.2, -0.15) is 10.2 Å². The van der Waals surface area contributed by atoms with Crippen LogP contribution in [0.25, 0.3) is 31.9 Å². The maximum absolute atomic E-state index is 7.21. The highest BCUT2D eigenvalue weighted by molar-refractivity contribution is 5.91. The standard InChI is InChI=1S/C16H13N7/c1-17-10-16(5-12(6-16)18-2)23-9-11(7-21-23)14-8-20-22-15-13(14)3-4-19-15/h3-4,7-9,12H,5-6,10H2,(H,19,22)/t12-,16-. The molecule has 7 heteroatoms. The fourth-order valence-corrected chi connectivity index (χ4v) is 3.27. The maximum Gasteiger partial charge on any atom is 0.240 e. The predicted octanol–water partition coefficient (Wildman–Crippen LogP) is 2.52. The zero-order valence-electron chi connectivity index (χ0n) is 12.3. The average Bonchev–Trinajstić information content (AvgIpc) is 3.18. The van der Waals surface area contributed by atoms with Crippen LogP contribution >= 0.6 is 0 Å². The summed E-state index contributed by atoms with van der Waals surface area (Å²) in [5.41, 5.74) is 2.30. The SMILES string of the molecule is [C-]#[N+]C[C@]1(n2cc(-c3cnnc4[nH]ccc34)cn2)C[C@H]([N+]#[C-])C1.